The molecule has 0 amide bonds. The Kier molecular flexibility index (Phi) is 8.20. The summed E-state index contributed by atoms with van der Waals surface area (Å²) in [7, 11) is 0. The Hall–Kier alpha value is -0.520. The standard InChI is InChI=1S/C12H22/c1-4-7-8-9-11-12(6-3)10-5-2/h5-6,10H,4,7-9,11H2,1-3H3/b10-5+,12-6-. The Labute approximate surface area is 77.4 Å². The summed E-state index contributed by atoms with van der Waals surface area (Å²) in [6.07, 6.45) is 13.2. The number of allylic oxidation sites excluding steroid dienone is 4. The number of rotatable bonds is 6. The van der Waals surface area contributed by atoms with Gasteiger partial charge in [0, 0.05) is 0 Å². The van der Waals surface area contributed by atoms with Crippen LogP contribution in [0.1, 0.15) is 52.9 Å². The van der Waals surface area contributed by atoms with Crippen molar-refractivity contribution < 1.29 is 0 Å². The highest BCUT2D eigenvalue weighted by molar-refractivity contribution is 5.16. The fourth-order valence-corrected chi connectivity index (χ4v) is 1.29. The van der Waals surface area contributed by atoms with Crippen molar-refractivity contribution in [3.8, 4) is 0 Å². The highest BCUT2D eigenvalue weighted by Gasteiger charge is 1.91. The SMILES string of the molecule is C/C=C/C(=C/C)CCCCCC. The lowest BCUT2D eigenvalue weighted by atomic mass is 10.1. The lowest BCUT2D eigenvalue weighted by Gasteiger charge is -2.00. The van der Waals surface area contributed by atoms with Gasteiger partial charge in [-0.3, -0.25) is 0 Å². The minimum atomic E-state index is 1.25. The van der Waals surface area contributed by atoms with Crippen LogP contribution in [-0.2, 0) is 0 Å². The molecule has 0 rings (SSSR count). The van der Waals surface area contributed by atoms with E-state index in [9.17, 15) is 0 Å². The maximum Gasteiger partial charge on any atom is -0.0282 e. The van der Waals surface area contributed by atoms with E-state index in [1.54, 1.807) is 0 Å². The van der Waals surface area contributed by atoms with Crippen LogP contribution >= 0.6 is 0 Å². The third-order valence-electron chi connectivity index (χ3n) is 2.07. The van der Waals surface area contributed by atoms with E-state index >= 15 is 0 Å². The van der Waals surface area contributed by atoms with E-state index in [0.29, 0.717) is 0 Å². The molecular weight excluding hydrogens is 144 g/mol. The molecule has 0 spiro atoms. The second kappa shape index (κ2) is 8.58. The molecule has 0 heterocycles. The number of hydrogen-bond acceptors (Lipinski definition) is 0. The van der Waals surface area contributed by atoms with E-state index in [2.05, 4.69) is 39.0 Å². The first-order valence-electron chi connectivity index (χ1n) is 5.13. The molecule has 0 aromatic carbocycles. The summed E-state index contributed by atoms with van der Waals surface area (Å²) in [5.74, 6) is 0. The van der Waals surface area contributed by atoms with Crippen LogP contribution in [0.5, 0.6) is 0 Å². The summed E-state index contributed by atoms with van der Waals surface area (Å²) in [5.41, 5.74) is 1.48. The van der Waals surface area contributed by atoms with Crippen molar-refractivity contribution in [1.29, 1.82) is 0 Å². The number of hydrogen-bond donors (Lipinski definition) is 0. The Morgan fingerprint density at radius 3 is 2.33 bits per heavy atom. The second-order valence-electron chi connectivity index (χ2n) is 3.17. The largest absolute Gasteiger partial charge is 0.0874 e. The van der Waals surface area contributed by atoms with Crippen LogP contribution in [-0.4, -0.2) is 0 Å². The fraction of sp³-hybridized carbons (Fsp3) is 0.667. The first-order chi connectivity index (χ1) is 5.85. The molecule has 0 bridgehead atoms. The Morgan fingerprint density at radius 2 is 1.83 bits per heavy atom. The van der Waals surface area contributed by atoms with Gasteiger partial charge in [-0.1, -0.05) is 50.0 Å². The molecule has 12 heavy (non-hydrogen) atoms. The van der Waals surface area contributed by atoms with Crippen LogP contribution in [0.15, 0.2) is 23.8 Å². The van der Waals surface area contributed by atoms with E-state index < -0.39 is 0 Å². The topological polar surface area (TPSA) is 0 Å². The van der Waals surface area contributed by atoms with Gasteiger partial charge in [0.25, 0.3) is 0 Å². The minimum Gasteiger partial charge on any atom is -0.0874 e. The third kappa shape index (κ3) is 6.21. The van der Waals surface area contributed by atoms with Gasteiger partial charge in [0.2, 0.25) is 0 Å². The van der Waals surface area contributed by atoms with Gasteiger partial charge in [-0.2, -0.15) is 0 Å². The van der Waals surface area contributed by atoms with Gasteiger partial charge >= 0.3 is 0 Å². The molecule has 0 fully saturated rings. The maximum absolute atomic E-state index is 2.25. The van der Waals surface area contributed by atoms with Crippen molar-refractivity contribution in [2.45, 2.75) is 52.9 Å². The zero-order valence-corrected chi connectivity index (χ0v) is 8.77. The molecule has 0 atom stereocenters. The van der Waals surface area contributed by atoms with Crippen molar-refractivity contribution in [2.75, 3.05) is 0 Å². The quantitative estimate of drug-likeness (QED) is 0.403. The minimum absolute atomic E-state index is 1.25. The van der Waals surface area contributed by atoms with Gasteiger partial charge in [-0.25, -0.2) is 0 Å². The predicted molar refractivity (Wildman–Crippen MR) is 57.3 cm³/mol. The Morgan fingerprint density at radius 1 is 1.08 bits per heavy atom. The van der Waals surface area contributed by atoms with Gasteiger partial charge < -0.3 is 0 Å². The summed E-state index contributed by atoms with van der Waals surface area (Å²) in [6.45, 7) is 6.45. The van der Waals surface area contributed by atoms with Gasteiger partial charge in [-0.05, 0) is 26.7 Å². The molecule has 0 radical (unpaired) electrons. The van der Waals surface area contributed by atoms with Gasteiger partial charge in [0.1, 0.15) is 0 Å². The molecule has 0 aliphatic carbocycles. The molecule has 70 valence electrons. The lowest BCUT2D eigenvalue weighted by molar-refractivity contribution is 0.668. The first kappa shape index (κ1) is 11.5. The van der Waals surface area contributed by atoms with Crippen LogP contribution in [0.4, 0.5) is 0 Å². The summed E-state index contributed by atoms with van der Waals surface area (Å²) < 4.78 is 0. The van der Waals surface area contributed by atoms with E-state index in [0.717, 1.165) is 0 Å². The molecule has 0 aromatic rings. The van der Waals surface area contributed by atoms with Crippen LogP contribution in [0.25, 0.3) is 0 Å². The monoisotopic (exact) mass is 166 g/mol. The van der Waals surface area contributed by atoms with Crippen molar-refractivity contribution in [3.63, 3.8) is 0 Å². The van der Waals surface area contributed by atoms with Gasteiger partial charge in [-0.15, -0.1) is 0 Å². The molecule has 0 N–H and O–H groups in total. The average molecular weight is 166 g/mol. The average Bonchev–Trinajstić information content (AvgIpc) is 2.10. The molecule has 0 aliphatic rings. The van der Waals surface area contributed by atoms with E-state index in [1.807, 2.05) is 0 Å². The Balaban J connectivity index is 3.46. The summed E-state index contributed by atoms with van der Waals surface area (Å²) in [4.78, 5) is 0. The Bertz CT molecular complexity index is 140. The van der Waals surface area contributed by atoms with Crippen LogP contribution < -0.4 is 0 Å². The zero-order valence-electron chi connectivity index (χ0n) is 8.77. The molecule has 0 saturated heterocycles. The summed E-state index contributed by atoms with van der Waals surface area (Å²) >= 11 is 0. The molecular formula is C12H22. The molecule has 0 saturated carbocycles. The molecule has 0 aromatic heterocycles. The van der Waals surface area contributed by atoms with E-state index in [4.69, 9.17) is 0 Å². The summed E-state index contributed by atoms with van der Waals surface area (Å²) in [6, 6.07) is 0. The van der Waals surface area contributed by atoms with Crippen molar-refractivity contribution in [3.05, 3.63) is 23.8 Å². The first-order valence-corrected chi connectivity index (χ1v) is 5.13. The second-order valence-corrected chi connectivity index (χ2v) is 3.17. The lowest BCUT2D eigenvalue weighted by Crippen LogP contribution is -1.80. The molecule has 0 aliphatic heterocycles. The van der Waals surface area contributed by atoms with Gasteiger partial charge in [0.15, 0.2) is 0 Å². The molecule has 0 unspecified atom stereocenters. The molecule has 0 heteroatoms. The summed E-state index contributed by atoms with van der Waals surface area (Å²) in [5, 5.41) is 0. The van der Waals surface area contributed by atoms with E-state index in [1.165, 1.54) is 37.7 Å². The maximum atomic E-state index is 2.25. The van der Waals surface area contributed by atoms with Crippen LogP contribution in [0, 0.1) is 0 Å². The highest BCUT2D eigenvalue weighted by Crippen LogP contribution is 2.10. The molecule has 0 nitrogen and oxygen atoms in total. The fourth-order valence-electron chi connectivity index (χ4n) is 1.29. The number of unbranched alkanes of at least 4 members (excludes halogenated alkanes) is 3. The van der Waals surface area contributed by atoms with Crippen molar-refractivity contribution in [1.82, 2.24) is 0 Å². The van der Waals surface area contributed by atoms with Crippen molar-refractivity contribution in [2.24, 2.45) is 0 Å². The highest BCUT2D eigenvalue weighted by atomic mass is 14.0. The zero-order chi connectivity index (χ0) is 9.23. The van der Waals surface area contributed by atoms with E-state index in [-0.39, 0.29) is 0 Å². The van der Waals surface area contributed by atoms with Crippen LogP contribution in [0.3, 0.4) is 0 Å². The normalized spacial score (nSPS) is 12.8. The predicted octanol–water partition coefficient (Wildman–Crippen LogP) is 4.48. The van der Waals surface area contributed by atoms with Crippen LogP contribution in [0.2, 0.25) is 0 Å². The smallest absolute Gasteiger partial charge is 0.0282 e. The van der Waals surface area contributed by atoms with Crippen molar-refractivity contribution >= 4 is 0 Å². The third-order valence-corrected chi connectivity index (χ3v) is 2.07. The van der Waals surface area contributed by atoms with Gasteiger partial charge in [0.05, 0.1) is 0 Å².